The summed E-state index contributed by atoms with van der Waals surface area (Å²) in [7, 11) is 0. The van der Waals surface area contributed by atoms with Gasteiger partial charge in [-0.05, 0) is 120 Å². The molecule has 12 rings (SSSR count). The average Bonchev–Trinajstić information content (AvgIpc) is 4.17. The van der Waals surface area contributed by atoms with Crippen molar-refractivity contribution in [2.45, 2.75) is 86.7 Å². The number of ether oxygens (including phenoxy) is 1. The summed E-state index contributed by atoms with van der Waals surface area (Å²) in [5, 5.41) is 8.64. The molecule has 7 aromatic carbocycles. The highest BCUT2D eigenvalue weighted by atomic mass is 32.1. The van der Waals surface area contributed by atoms with E-state index in [1.807, 2.05) is 68.4 Å². The molecule has 0 aliphatic carbocycles. The van der Waals surface area contributed by atoms with E-state index in [-0.39, 0.29) is 40.4 Å². The quantitative estimate of drug-likeness (QED) is 0.0804. The van der Waals surface area contributed by atoms with Crippen molar-refractivity contribution in [3.63, 3.8) is 0 Å². The lowest BCUT2D eigenvalue weighted by molar-refractivity contribution is 0.0591. The summed E-state index contributed by atoms with van der Waals surface area (Å²) in [6, 6.07) is 34.1. The number of hydrogen-bond acceptors (Lipinski definition) is 10. The van der Waals surface area contributed by atoms with Gasteiger partial charge in [-0.3, -0.25) is 24.1 Å². The molecule has 10 aromatic rings. The molecule has 73 heavy (non-hydrogen) atoms. The van der Waals surface area contributed by atoms with Crippen LogP contribution in [0.3, 0.4) is 0 Å². The average molecular weight is 1020 g/mol. The first-order chi connectivity index (χ1) is 34.8. The minimum Gasteiger partial charge on any atom is -0.376 e. The molecule has 0 N–H and O–H groups in total. The van der Waals surface area contributed by atoms with Crippen LogP contribution in [0.5, 0.6) is 0 Å². The van der Waals surface area contributed by atoms with Crippen molar-refractivity contribution in [2.75, 3.05) is 18.1 Å². The maximum absolute atomic E-state index is 14.6. The Hall–Kier alpha value is -6.70. The van der Waals surface area contributed by atoms with Gasteiger partial charge in [0.1, 0.15) is 11.0 Å². The van der Waals surface area contributed by atoms with E-state index >= 15 is 0 Å². The van der Waals surface area contributed by atoms with Crippen molar-refractivity contribution in [1.29, 1.82) is 0 Å². The Labute approximate surface area is 437 Å². The van der Waals surface area contributed by atoms with Crippen LogP contribution >= 0.6 is 34.4 Å². The number of nitrogens with zero attached hydrogens (tertiary/aromatic N) is 4. The number of thiophene rings is 2. The highest BCUT2D eigenvalue weighted by Crippen LogP contribution is 2.48. The van der Waals surface area contributed by atoms with Crippen molar-refractivity contribution in [1.82, 2.24) is 13.6 Å². The SMILES string of the molecule is CC(C)CN1C(=O)c2ccc3c4ccc5c6c(ccc(c7ccc(c2c37)C1=O)c64)C(=O)N(c1cc(C(C)(C)C)ccc1C(C)(C)C)C5=O.CC(C)COCc1ccc(-c2ccc(-c3cccs3)c3nsnc23)s1. The number of hydrogen-bond donors (Lipinski definition) is 0. The van der Waals surface area contributed by atoms with Crippen LogP contribution in [-0.4, -0.2) is 50.4 Å². The van der Waals surface area contributed by atoms with E-state index in [1.54, 1.807) is 22.7 Å². The van der Waals surface area contributed by atoms with Crippen LogP contribution in [-0.2, 0) is 22.2 Å². The highest BCUT2D eigenvalue weighted by molar-refractivity contribution is 7.15. The first-order valence-corrected chi connectivity index (χ1v) is 27.3. The van der Waals surface area contributed by atoms with E-state index in [0.29, 0.717) is 57.8 Å². The van der Waals surface area contributed by atoms with Crippen molar-refractivity contribution < 1.29 is 23.9 Å². The molecular weight excluding hydrogens is 965 g/mol. The number of rotatable bonds is 9. The molecule has 0 radical (unpaired) electrons. The summed E-state index contributed by atoms with van der Waals surface area (Å²) in [5.74, 6) is -0.534. The zero-order valence-electron chi connectivity index (χ0n) is 42.7. The molecule has 0 bridgehead atoms. The summed E-state index contributed by atoms with van der Waals surface area (Å²) in [4.78, 5) is 62.9. The van der Waals surface area contributed by atoms with Gasteiger partial charge in [0, 0.05) is 71.9 Å². The Kier molecular flexibility index (Phi) is 12.0. The van der Waals surface area contributed by atoms with Crippen LogP contribution in [0.25, 0.3) is 75.0 Å². The van der Waals surface area contributed by atoms with E-state index < -0.39 is 0 Å². The fraction of sp³-hybridized carbons (Fsp3) is 0.279. The van der Waals surface area contributed by atoms with Crippen LogP contribution < -0.4 is 4.90 Å². The maximum atomic E-state index is 14.6. The number of benzene rings is 7. The summed E-state index contributed by atoms with van der Waals surface area (Å²) in [5.41, 5.74) is 8.42. The van der Waals surface area contributed by atoms with E-state index in [4.69, 9.17) is 4.74 Å². The fourth-order valence-electron chi connectivity index (χ4n) is 10.6. The van der Waals surface area contributed by atoms with Crippen molar-refractivity contribution >= 4 is 118 Å². The van der Waals surface area contributed by atoms with Crippen molar-refractivity contribution in [3.05, 3.63) is 147 Å². The molecule has 9 nitrogen and oxygen atoms in total. The third-order valence-electron chi connectivity index (χ3n) is 14.0. The van der Waals surface area contributed by atoms with Gasteiger partial charge in [0.05, 0.1) is 24.0 Å². The third-order valence-corrected chi connectivity index (χ3v) is 16.5. The second-order valence-electron chi connectivity index (χ2n) is 22.2. The third kappa shape index (κ3) is 8.14. The van der Waals surface area contributed by atoms with Gasteiger partial charge < -0.3 is 4.74 Å². The second kappa shape index (κ2) is 18.1. The molecule has 3 aromatic heterocycles. The van der Waals surface area contributed by atoms with Gasteiger partial charge in [0.2, 0.25) is 0 Å². The molecule has 0 saturated carbocycles. The van der Waals surface area contributed by atoms with Crippen LogP contribution in [0.4, 0.5) is 5.69 Å². The predicted octanol–water partition coefficient (Wildman–Crippen LogP) is 15.7. The second-order valence-corrected chi connectivity index (χ2v) is 24.9. The Morgan fingerprint density at radius 3 is 1.55 bits per heavy atom. The molecule has 2 aliphatic rings. The predicted molar refractivity (Wildman–Crippen MR) is 301 cm³/mol. The number of imide groups is 2. The molecule has 2 aliphatic heterocycles. The molecular formula is C61H56N4O5S3. The van der Waals surface area contributed by atoms with E-state index in [9.17, 15) is 19.2 Å². The first kappa shape index (κ1) is 48.6. The lowest BCUT2D eigenvalue weighted by atomic mass is 9.79. The lowest BCUT2D eigenvalue weighted by Crippen LogP contribution is -2.42. The molecule has 4 amide bonds. The standard InChI is InChI=1S/C42H38N2O4.C19H18N2OS3/c1-21(2)20-43-37(45)27-14-10-23-25-12-16-29-36-30(17-13-26(34(25)36)24-11-15-28(38(43)46)35(27)33(23)24)40(48)44(39(29)47)32-19-22(41(3,4)5)9-18-31(32)42(6,7)8;1-12(2)10-22-11-13-5-8-17(24-13)15-7-6-14(16-4-3-9-23-16)18-19(15)21-25-20-18/h9-19,21H,20H2,1-8H3;3-9,12H,10-11H2,1-2H3. The zero-order chi connectivity index (χ0) is 51.4. The van der Waals surface area contributed by atoms with Gasteiger partial charge >= 0.3 is 0 Å². The minimum absolute atomic E-state index is 0.141. The molecule has 0 unspecified atom stereocenters. The molecule has 5 heterocycles. The number of aromatic nitrogens is 2. The lowest BCUT2D eigenvalue weighted by Gasteiger charge is -2.34. The van der Waals surface area contributed by atoms with Crippen molar-refractivity contribution in [3.8, 4) is 20.9 Å². The number of carbonyl (C=O) groups is 4. The fourth-order valence-corrected chi connectivity index (χ4v) is 12.9. The van der Waals surface area contributed by atoms with Crippen LogP contribution in [0, 0.1) is 11.8 Å². The highest BCUT2D eigenvalue weighted by Gasteiger charge is 2.39. The number of fused-ring (bicyclic) bond motifs is 3. The summed E-state index contributed by atoms with van der Waals surface area (Å²) in [6.07, 6.45) is 0. The largest absolute Gasteiger partial charge is 0.376 e. The van der Waals surface area contributed by atoms with Gasteiger partial charge in [-0.25, -0.2) is 4.90 Å². The first-order valence-electron chi connectivity index (χ1n) is 24.9. The van der Waals surface area contributed by atoms with E-state index in [2.05, 4.69) is 118 Å². The Morgan fingerprint density at radius 2 is 1.07 bits per heavy atom. The van der Waals surface area contributed by atoms with Gasteiger partial charge in [0.25, 0.3) is 23.6 Å². The Balaban J connectivity index is 0.000000193. The molecule has 0 atom stereocenters. The van der Waals surface area contributed by atoms with E-state index in [1.165, 1.54) is 41.7 Å². The van der Waals surface area contributed by atoms with Crippen LogP contribution in [0.15, 0.2) is 109 Å². The van der Waals surface area contributed by atoms with Gasteiger partial charge in [-0.2, -0.15) is 8.75 Å². The summed E-state index contributed by atoms with van der Waals surface area (Å²) < 4.78 is 14.9. The Bertz CT molecular complexity index is 3770. The smallest absolute Gasteiger partial charge is 0.265 e. The number of carbonyl (C=O) groups excluding carboxylic acids is 4. The molecule has 0 spiro atoms. The van der Waals surface area contributed by atoms with Gasteiger partial charge in [-0.15, -0.1) is 22.7 Å². The topological polar surface area (TPSA) is 110 Å². The maximum Gasteiger partial charge on any atom is 0.265 e. The number of amides is 4. The number of anilines is 1. The molecule has 12 heteroatoms. The summed E-state index contributed by atoms with van der Waals surface area (Å²) >= 11 is 4.79. The van der Waals surface area contributed by atoms with Crippen LogP contribution in [0.1, 0.15) is 127 Å². The minimum atomic E-state index is -0.342. The van der Waals surface area contributed by atoms with Gasteiger partial charge in [-0.1, -0.05) is 124 Å². The van der Waals surface area contributed by atoms with Crippen molar-refractivity contribution in [2.24, 2.45) is 11.8 Å². The van der Waals surface area contributed by atoms with Crippen LogP contribution in [0.2, 0.25) is 0 Å². The Morgan fingerprint density at radius 1 is 0.548 bits per heavy atom. The zero-order valence-corrected chi connectivity index (χ0v) is 45.2. The monoisotopic (exact) mass is 1020 g/mol. The van der Waals surface area contributed by atoms with Gasteiger partial charge in [0.15, 0.2) is 0 Å². The normalized spacial score (nSPS) is 14.1. The molecule has 0 fully saturated rings. The van der Waals surface area contributed by atoms with E-state index in [0.717, 1.165) is 66.6 Å². The molecule has 368 valence electrons. The molecule has 0 saturated heterocycles. The summed E-state index contributed by atoms with van der Waals surface area (Å²) in [6.45, 7) is 22.8.